The van der Waals surface area contributed by atoms with Crippen LogP contribution in [0.4, 0.5) is 5.69 Å². The molecule has 3 rings (SSSR count). The van der Waals surface area contributed by atoms with Crippen molar-refractivity contribution in [1.82, 2.24) is 10.2 Å². The van der Waals surface area contributed by atoms with Gasteiger partial charge in [-0.2, -0.15) is 0 Å². The molecule has 25 heavy (non-hydrogen) atoms. The maximum Gasteiger partial charge on any atom is 0.238 e. The number of nitrogens with zero attached hydrogens (tertiary/aromatic N) is 1. The highest BCUT2D eigenvalue weighted by molar-refractivity contribution is 5.92. The number of ether oxygens (including phenoxy) is 1. The van der Waals surface area contributed by atoms with E-state index in [1.807, 2.05) is 30.3 Å². The lowest BCUT2D eigenvalue weighted by Crippen LogP contribution is -2.49. The number of hydrogen-bond donors (Lipinski definition) is 2. The zero-order valence-electron chi connectivity index (χ0n) is 14.9. The van der Waals surface area contributed by atoms with Crippen molar-refractivity contribution >= 4 is 17.5 Å². The lowest BCUT2D eigenvalue weighted by Gasteiger charge is -2.37. The largest absolute Gasteiger partial charge is 0.379 e. The average molecular weight is 345 g/mol. The fourth-order valence-electron chi connectivity index (χ4n) is 4.24. The van der Waals surface area contributed by atoms with E-state index < -0.39 is 0 Å². The highest BCUT2D eigenvalue weighted by Crippen LogP contribution is 2.37. The molecule has 1 saturated heterocycles. The van der Waals surface area contributed by atoms with Crippen LogP contribution in [-0.2, 0) is 14.3 Å². The van der Waals surface area contributed by atoms with Crippen LogP contribution >= 0.6 is 0 Å². The normalized spacial score (nSPS) is 29.0. The number of rotatable bonds is 5. The molecule has 2 amide bonds. The highest BCUT2D eigenvalue weighted by atomic mass is 16.5. The van der Waals surface area contributed by atoms with E-state index in [2.05, 4.69) is 15.5 Å². The third kappa shape index (κ3) is 4.58. The minimum atomic E-state index is -0.0115. The van der Waals surface area contributed by atoms with Crippen LogP contribution in [0.15, 0.2) is 30.3 Å². The Morgan fingerprint density at radius 2 is 1.84 bits per heavy atom. The van der Waals surface area contributed by atoms with Crippen LogP contribution in [0.5, 0.6) is 0 Å². The van der Waals surface area contributed by atoms with E-state index in [0.29, 0.717) is 18.4 Å². The number of anilines is 1. The van der Waals surface area contributed by atoms with Crippen LogP contribution in [0.2, 0.25) is 0 Å². The molecule has 2 N–H and O–H groups in total. The molecule has 0 radical (unpaired) electrons. The van der Waals surface area contributed by atoms with Gasteiger partial charge in [-0.3, -0.25) is 14.5 Å². The van der Waals surface area contributed by atoms with Crippen molar-refractivity contribution in [2.24, 2.45) is 11.8 Å². The number of carbonyl (C=O) groups is 2. The topological polar surface area (TPSA) is 70.7 Å². The van der Waals surface area contributed by atoms with Crippen molar-refractivity contribution in [3.8, 4) is 0 Å². The minimum absolute atomic E-state index is 0.0115. The number of methoxy groups -OCH3 is 1. The van der Waals surface area contributed by atoms with E-state index in [4.69, 9.17) is 4.74 Å². The number of hydrogen-bond acceptors (Lipinski definition) is 4. The molecule has 1 aromatic carbocycles. The molecule has 2 aliphatic rings. The molecule has 136 valence electrons. The SMILES string of the molecule is CO[C@@H]1C[C@H]2CN(CC(=O)Nc3ccccc3)C[C@H]2C[C@H]1NC(C)=O. The summed E-state index contributed by atoms with van der Waals surface area (Å²) in [6.45, 7) is 3.77. The van der Waals surface area contributed by atoms with Crippen LogP contribution < -0.4 is 10.6 Å². The number of carbonyl (C=O) groups excluding carboxylic acids is 2. The fourth-order valence-corrected chi connectivity index (χ4v) is 4.24. The summed E-state index contributed by atoms with van der Waals surface area (Å²) < 4.78 is 5.60. The molecule has 0 spiro atoms. The number of fused-ring (bicyclic) bond motifs is 1. The lowest BCUT2D eigenvalue weighted by atomic mass is 9.77. The molecular weight excluding hydrogens is 318 g/mol. The molecule has 0 unspecified atom stereocenters. The van der Waals surface area contributed by atoms with Gasteiger partial charge in [0.15, 0.2) is 0 Å². The molecule has 6 heteroatoms. The van der Waals surface area contributed by atoms with Crippen molar-refractivity contribution in [1.29, 1.82) is 0 Å². The Morgan fingerprint density at radius 1 is 1.16 bits per heavy atom. The van der Waals surface area contributed by atoms with Gasteiger partial charge in [0.25, 0.3) is 0 Å². The van der Waals surface area contributed by atoms with Gasteiger partial charge in [-0.05, 0) is 36.8 Å². The number of amides is 2. The van der Waals surface area contributed by atoms with E-state index >= 15 is 0 Å². The second kappa shape index (κ2) is 7.97. The summed E-state index contributed by atoms with van der Waals surface area (Å²) in [5, 5.41) is 5.96. The monoisotopic (exact) mass is 345 g/mol. The van der Waals surface area contributed by atoms with Crippen LogP contribution in [0.3, 0.4) is 0 Å². The van der Waals surface area contributed by atoms with Gasteiger partial charge < -0.3 is 15.4 Å². The van der Waals surface area contributed by atoms with E-state index in [1.165, 1.54) is 0 Å². The zero-order chi connectivity index (χ0) is 17.8. The second-order valence-electron chi connectivity index (χ2n) is 7.18. The van der Waals surface area contributed by atoms with Gasteiger partial charge in [-0.25, -0.2) is 0 Å². The first-order valence-electron chi connectivity index (χ1n) is 8.92. The number of benzene rings is 1. The van der Waals surface area contributed by atoms with Gasteiger partial charge in [0.1, 0.15) is 0 Å². The molecule has 1 saturated carbocycles. The van der Waals surface area contributed by atoms with Crippen LogP contribution in [-0.4, -0.2) is 55.6 Å². The van der Waals surface area contributed by atoms with Crippen molar-refractivity contribution in [2.45, 2.75) is 31.9 Å². The summed E-state index contributed by atoms with van der Waals surface area (Å²) in [6, 6.07) is 9.60. The first-order valence-corrected chi connectivity index (χ1v) is 8.92. The van der Waals surface area contributed by atoms with E-state index in [-0.39, 0.29) is 24.0 Å². The summed E-state index contributed by atoms with van der Waals surface area (Å²) in [5.74, 6) is 1.04. The van der Waals surface area contributed by atoms with Gasteiger partial charge >= 0.3 is 0 Å². The van der Waals surface area contributed by atoms with Crippen LogP contribution in [0.1, 0.15) is 19.8 Å². The molecule has 1 aliphatic heterocycles. The van der Waals surface area contributed by atoms with Crippen molar-refractivity contribution in [3.63, 3.8) is 0 Å². The van der Waals surface area contributed by atoms with Crippen molar-refractivity contribution < 1.29 is 14.3 Å². The molecular formula is C19H27N3O3. The first kappa shape index (κ1) is 17.9. The Bertz CT molecular complexity index is 607. The first-order chi connectivity index (χ1) is 12.0. The van der Waals surface area contributed by atoms with Crippen molar-refractivity contribution in [3.05, 3.63) is 30.3 Å². The summed E-state index contributed by atoms with van der Waals surface area (Å²) in [6.07, 6.45) is 1.91. The Balaban J connectivity index is 1.54. The second-order valence-corrected chi connectivity index (χ2v) is 7.18. The molecule has 1 heterocycles. The van der Waals surface area contributed by atoms with E-state index in [9.17, 15) is 9.59 Å². The maximum atomic E-state index is 12.3. The average Bonchev–Trinajstić information content (AvgIpc) is 2.95. The number of nitrogens with one attached hydrogen (secondary N) is 2. The quantitative estimate of drug-likeness (QED) is 0.848. The molecule has 2 fully saturated rings. The lowest BCUT2D eigenvalue weighted by molar-refractivity contribution is -0.121. The van der Waals surface area contributed by atoms with Gasteiger partial charge in [0.2, 0.25) is 11.8 Å². The van der Waals surface area contributed by atoms with E-state index in [0.717, 1.165) is 31.6 Å². The van der Waals surface area contributed by atoms with Crippen LogP contribution in [0.25, 0.3) is 0 Å². The zero-order valence-corrected chi connectivity index (χ0v) is 14.9. The third-order valence-electron chi connectivity index (χ3n) is 5.31. The van der Waals surface area contributed by atoms with E-state index in [1.54, 1.807) is 14.0 Å². The molecule has 0 aromatic heterocycles. The molecule has 1 aromatic rings. The Hall–Kier alpha value is -1.92. The number of likely N-dealkylation sites (tertiary alicyclic amines) is 1. The summed E-state index contributed by atoms with van der Waals surface area (Å²) in [5.41, 5.74) is 0.828. The fraction of sp³-hybridized carbons (Fsp3) is 0.579. The molecule has 1 aliphatic carbocycles. The Labute approximate surface area is 148 Å². The third-order valence-corrected chi connectivity index (χ3v) is 5.31. The van der Waals surface area contributed by atoms with Gasteiger partial charge in [0, 0.05) is 32.8 Å². The molecule has 6 nitrogen and oxygen atoms in total. The summed E-state index contributed by atoms with van der Waals surface area (Å²) in [7, 11) is 1.71. The predicted molar refractivity (Wildman–Crippen MR) is 96.1 cm³/mol. The predicted octanol–water partition coefficient (Wildman–Crippen LogP) is 1.49. The Morgan fingerprint density at radius 3 is 2.48 bits per heavy atom. The van der Waals surface area contributed by atoms with Gasteiger partial charge in [0.05, 0.1) is 18.7 Å². The van der Waals surface area contributed by atoms with Gasteiger partial charge in [-0.1, -0.05) is 18.2 Å². The van der Waals surface area contributed by atoms with Gasteiger partial charge in [-0.15, -0.1) is 0 Å². The minimum Gasteiger partial charge on any atom is -0.379 e. The maximum absolute atomic E-state index is 12.3. The summed E-state index contributed by atoms with van der Waals surface area (Å²) in [4.78, 5) is 25.9. The standard InChI is InChI=1S/C19H27N3O3/c1-13(23)20-17-8-14-10-22(11-15(14)9-18(17)25-2)12-19(24)21-16-6-4-3-5-7-16/h3-7,14-15,17-18H,8-12H2,1-2H3,(H,20,23)(H,21,24)/t14-,15+,17-,18-/m1/s1. The summed E-state index contributed by atoms with van der Waals surface area (Å²) >= 11 is 0. The number of para-hydroxylation sites is 1. The van der Waals surface area contributed by atoms with Crippen molar-refractivity contribution in [2.75, 3.05) is 32.1 Å². The highest BCUT2D eigenvalue weighted by Gasteiger charge is 2.42. The molecule has 0 bridgehead atoms. The van der Waals surface area contributed by atoms with Crippen LogP contribution in [0, 0.1) is 11.8 Å². The smallest absolute Gasteiger partial charge is 0.238 e. The Kier molecular flexibility index (Phi) is 5.71. The molecule has 4 atom stereocenters.